The van der Waals surface area contributed by atoms with E-state index in [1.54, 1.807) is 0 Å². The predicted octanol–water partition coefficient (Wildman–Crippen LogP) is 18.9. The normalized spacial score (nSPS) is 16.2. The Balaban J connectivity index is 2.48. The highest BCUT2D eigenvalue weighted by Gasteiger charge is 2.31. The van der Waals surface area contributed by atoms with Crippen LogP contribution in [0.2, 0.25) is 0 Å². The Labute approximate surface area is 433 Å². The monoisotopic (exact) mass is 972 g/mol. The average Bonchev–Trinajstić information content (AvgIpc) is 3.34. The van der Waals surface area contributed by atoms with Crippen molar-refractivity contribution >= 4 is 11.8 Å². The Bertz CT molecular complexity index is 977. The summed E-state index contributed by atoms with van der Waals surface area (Å²) in [6, 6.07) is 0.599. The van der Waals surface area contributed by atoms with E-state index in [4.69, 9.17) is 0 Å². The molecular weight excluding hydrogens is 847 g/mol. The standard InChI is InChI=1S/C63H125N3O3/c1-6-10-14-18-22-26-34-44-56-65(57-45-35-27-23-19-15-11-7-2)61(67)48-40-32-30-38-42-54-64(60-50-52-63(5,69)53-51-60)55-43-39-31-33-41-49-62(68)66(58-46-36-28-24-20-16-12-8-3)59-47-37-29-25-21-17-13-9-4/h60,69H,6-59H2,1-5H3. The minimum absolute atomic E-state index is 0.414. The molecule has 1 aliphatic rings. The summed E-state index contributed by atoms with van der Waals surface area (Å²) in [7, 11) is 0. The SMILES string of the molecule is CCCCCCCCCCN(CCCCCCCCCC)C(=O)CCCCCCCN(CCCCCCCC(=O)N(CCCCCCCCCC)CCCCCCCCCC)C1CCC(C)(O)CC1. The second-order valence-electron chi connectivity index (χ2n) is 23.0. The van der Waals surface area contributed by atoms with Crippen LogP contribution in [0, 0.1) is 0 Å². The summed E-state index contributed by atoms with van der Waals surface area (Å²) < 4.78 is 0. The quantitative estimate of drug-likeness (QED) is 0.0617. The lowest BCUT2D eigenvalue weighted by Gasteiger charge is -2.39. The molecule has 1 saturated carbocycles. The molecule has 0 radical (unpaired) electrons. The van der Waals surface area contributed by atoms with Gasteiger partial charge in [0.05, 0.1) is 5.60 Å². The highest BCUT2D eigenvalue weighted by Crippen LogP contribution is 2.31. The maximum Gasteiger partial charge on any atom is 0.222 e. The molecule has 1 rings (SSSR count). The first kappa shape index (κ1) is 65.9. The molecule has 6 nitrogen and oxygen atoms in total. The Hall–Kier alpha value is -1.14. The molecule has 0 aliphatic heterocycles. The first-order valence-electron chi connectivity index (χ1n) is 31.8. The summed E-state index contributed by atoms with van der Waals surface area (Å²) >= 11 is 0. The third kappa shape index (κ3) is 41.0. The van der Waals surface area contributed by atoms with E-state index >= 15 is 0 Å². The van der Waals surface area contributed by atoms with Gasteiger partial charge in [-0.3, -0.25) is 9.59 Å². The Kier molecular flexibility index (Phi) is 46.9. The predicted molar refractivity (Wildman–Crippen MR) is 303 cm³/mol. The third-order valence-corrected chi connectivity index (χ3v) is 16.1. The fourth-order valence-electron chi connectivity index (χ4n) is 11.1. The van der Waals surface area contributed by atoms with Crippen LogP contribution < -0.4 is 0 Å². The number of hydrogen-bond donors (Lipinski definition) is 1. The summed E-state index contributed by atoms with van der Waals surface area (Å²) in [6.07, 6.45) is 59.6. The van der Waals surface area contributed by atoms with E-state index in [1.165, 1.54) is 270 Å². The van der Waals surface area contributed by atoms with Crippen molar-refractivity contribution < 1.29 is 14.7 Å². The molecule has 6 heteroatoms. The second kappa shape index (κ2) is 49.1. The zero-order valence-corrected chi connectivity index (χ0v) is 47.9. The largest absolute Gasteiger partial charge is 0.390 e. The molecule has 0 aromatic rings. The number of unbranched alkanes of at least 4 members (excludes halogenated alkanes) is 36. The zero-order chi connectivity index (χ0) is 50.1. The molecule has 0 spiro atoms. The number of aliphatic hydroxyl groups is 1. The summed E-state index contributed by atoms with van der Waals surface area (Å²) in [4.78, 5) is 34.3. The molecule has 0 saturated heterocycles. The van der Waals surface area contributed by atoms with Crippen LogP contribution in [0.25, 0.3) is 0 Å². The highest BCUT2D eigenvalue weighted by atomic mass is 16.3. The van der Waals surface area contributed by atoms with Crippen molar-refractivity contribution in [1.29, 1.82) is 0 Å². The van der Waals surface area contributed by atoms with Gasteiger partial charge in [-0.05, 0) is 97.1 Å². The van der Waals surface area contributed by atoms with E-state index in [0.717, 1.165) is 77.5 Å². The van der Waals surface area contributed by atoms with Gasteiger partial charge in [-0.2, -0.15) is 0 Å². The minimum Gasteiger partial charge on any atom is -0.390 e. The fraction of sp³-hybridized carbons (Fsp3) is 0.968. The molecule has 1 aliphatic carbocycles. The number of nitrogens with zero attached hydrogens (tertiary/aromatic N) is 3. The number of carbonyl (C=O) groups is 2. The minimum atomic E-state index is -0.494. The molecule has 1 N–H and O–H groups in total. The number of hydrogen-bond acceptors (Lipinski definition) is 4. The van der Waals surface area contributed by atoms with E-state index in [9.17, 15) is 14.7 Å². The van der Waals surface area contributed by atoms with Crippen molar-refractivity contribution in [1.82, 2.24) is 14.7 Å². The lowest BCUT2D eigenvalue weighted by molar-refractivity contribution is -0.132. The van der Waals surface area contributed by atoms with Crippen LogP contribution in [0.1, 0.15) is 343 Å². The van der Waals surface area contributed by atoms with Gasteiger partial charge < -0.3 is 19.8 Å². The van der Waals surface area contributed by atoms with Crippen molar-refractivity contribution in [3.05, 3.63) is 0 Å². The summed E-state index contributed by atoms with van der Waals surface area (Å²) in [5, 5.41) is 10.7. The maximum atomic E-state index is 13.5. The Morgan fingerprint density at radius 1 is 0.348 bits per heavy atom. The van der Waals surface area contributed by atoms with Gasteiger partial charge in [0.15, 0.2) is 0 Å². The van der Waals surface area contributed by atoms with Gasteiger partial charge in [-0.15, -0.1) is 0 Å². The van der Waals surface area contributed by atoms with Crippen LogP contribution in [0.5, 0.6) is 0 Å². The second-order valence-corrected chi connectivity index (χ2v) is 23.0. The molecule has 0 aromatic carbocycles. The van der Waals surface area contributed by atoms with Crippen LogP contribution in [-0.2, 0) is 9.59 Å². The molecule has 410 valence electrons. The molecule has 0 atom stereocenters. The van der Waals surface area contributed by atoms with E-state index in [1.807, 2.05) is 6.92 Å². The maximum absolute atomic E-state index is 13.5. The van der Waals surface area contributed by atoms with Crippen molar-refractivity contribution in [2.24, 2.45) is 0 Å². The highest BCUT2D eigenvalue weighted by molar-refractivity contribution is 5.76. The first-order chi connectivity index (χ1) is 33.8. The zero-order valence-electron chi connectivity index (χ0n) is 47.9. The lowest BCUT2D eigenvalue weighted by atomic mass is 9.83. The average molecular weight is 973 g/mol. The third-order valence-electron chi connectivity index (χ3n) is 16.1. The molecule has 0 bridgehead atoms. The number of amides is 2. The Morgan fingerprint density at radius 2 is 0.565 bits per heavy atom. The molecule has 69 heavy (non-hydrogen) atoms. The van der Waals surface area contributed by atoms with Crippen molar-refractivity contribution in [2.75, 3.05) is 39.3 Å². The first-order valence-corrected chi connectivity index (χ1v) is 31.8. The van der Waals surface area contributed by atoms with E-state index < -0.39 is 5.60 Å². The van der Waals surface area contributed by atoms with Crippen molar-refractivity contribution in [2.45, 2.75) is 354 Å². The summed E-state index contributed by atoms with van der Waals surface area (Å²) in [5.74, 6) is 0.828. The van der Waals surface area contributed by atoms with E-state index in [0.29, 0.717) is 17.9 Å². The van der Waals surface area contributed by atoms with Gasteiger partial charge in [0.2, 0.25) is 11.8 Å². The number of rotatable bonds is 53. The Morgan fingerprint density at radius 3 is 0.826 bits per heavy atom. The van der Waals surface area contributed by atoms with E-state index in [2.05, 4.69) is 42.4 Å². The molecule has 0 heterocycles. The van der Waals surface area contributed by atoms with E-state index in [-0.39, 0.29) is 0 Å². The van der Waals surface area contributed by atoms with Gasteiger partial charge in [0.1, 0.15) is 0 Å². The smallest absolute Gasteiger partial charge is 0.222 e. The summed E-state index contributed by atoms with van der Waals surface area (Å²) in [5.41, 5.74) is -0.494. The fourth-order valence-corrected chi connectivity index (χ4v) is 11.1. The van der Waals surface area contributed by atoms with Crippen molar-refractivity contribution in [3.63, 3.8) is 0 Å². The van der Waals surface area contributed by atoms with Crippen LogP contribution in [-0.4, -0.2) is 82.5 Å². The molecular formula is C63H125N3O3. The van der Waals surface area contributed by atoms with Gasteiger partial charge in [0, 0.05) is 45.1 Å². The lowest BCUT2D eigenvalue weighted by Crippen LogP contribution is -2.43. The molecule has 2 amide bonds. The van der Waals surface area contributed by atoms with Crippen LogP contribution in [0.3, 0.4) is 0 Å². The van der Waals surface area contributed by atoms with Crippen LogP contribution in [0.15, 0.2) is 0 Å². The molecule has 0 unspecified atom stereocenters. The molecule has 1 fully saturated rings. The summed E-state index contributed by atoms with van der Waals surface area (Å²) in [6.45, 7) is 17.4. The molecule has 0 aromatic heterocycles. The van der Waals surface area contributed by atoms with Gasteiger partial charge >= 0.3 is 0 Å². The van der Waals surface area contributed by atoms with Crippen molar-refractivity contribution in [3.8, 4) is 0 Å². The van der Waals surface area contributed by atoms with Gasteiger partial charge in [0.25, 0.3) is 0 Å². The number of carbonyl (C=O) groups excluding carboxylic acids is 2. The van der Waals surface area contributed by atoms with Crippen LogP contribution >= 0.6 is 0 Å². The topological polar surface area (TPSA) is 64.1 Å². The van der Waals surface area contributed by atoms with Gasteiger partial charge in [-0.1, -0.05) is 246 Å². The van der Waals surface area contributed by atoms with Crippen LogP contribution in [0.4, 0.5) is 0 Å². The van der Waals surface area contributed by atoms with Gasteiger partial charge in [-0.25, -0.2) is 0 Å².